The Labute approximate surface area is 124 Å². The van der Waals surface area contributed by atoms with Gasteiger partial charge in [0.1, 0.15) is 5.92 Å². The Hall–Kier alpha value is -0.950. The average molecular weight is 304 g/mol. The molecule has 1 aliphatic rings. The molecule has 1 saturated heterocycles. The van der Waals surface area contributed by atoms with Crippen LogP contribution >= 0.6 is 11.8 Å². The second-order valence-electron chi connectivity index (χ2n) is 5.01. The van der Waals surface area contributed by atoms with E-state index in [0.29, 0.717) is 6.54 Å². The van der Waals surface area contributed by atoms with E-state index in [1.54, 1.807) is 11.8 Å². The molecule has 0 aromatic rings. The molecule has 0 saturated carbocycles. The van der Waals surface area contributed by atoms with Crippen LogP contribution in [0.15, 0.2) is 0 Å². The zero-order valence-corrected chi connectivity index (χ0v) is 13.1. The highest BCUT2D eigenvalue weighted by molar-refractivity contribution is 8.00. The smallest absolute Gasteiger partial charge is 0.315 e. The van der Waals surface area contributed by atoms with E-state index in [4.69, 9.17) is 9.84 Å². The van der Waals surface area contributed by atoms with Gasteiger partial charge in [0.05, 0.1) is 19.3 Å². The summed E-state index contributed by atoms with van der Waals surface area (Å²) >= 11 is 1.75. The lowest BCUT2D eigenvalue weighted by atomic mass is 10.0. The van der Waals surface area contributed by atoms with E-state index >= 15 is 0 Å². The summed E-state index contributed by atoms with van der Waals surface area (Å²) in [5.74, 6) is -1.60. The number of amides is 2. The van der Waals surface area contributed by atoms with Crippen LogP contribution in [0.2, 0.25) is 0 Å². The first-order valence-corrected chi connectivity index (χ1v) is 8.10. The van der Waals surface area contributed by atoms with Gasteiger partial charge in [-0.15, -0.1) is 0 Å². The fourth-order valence-electron chi connectivity index (χ4n) is 2.26. The Morgan fingerprint density at radius 1 is 1.35 bits per heavy atom. The molecule has 0 aliphatic carbocycles. The molecule has 1 rings (SSSR count). The minimum absolute atomic E-state index is 0.0374. The van der Waals surface area contributed by atoms with E-state index in [-0.39, 0.29) is 24.0 Å². The molecule has 0 aromatic heterocycles. The topological polar surface area (TPSA) is 87.7 Å². The van der Waals surface area contributed by atoms with Crippen molar-refractivity contribution < 1.29 is 19.4 Å². The van der Waals surface area contributed by atoms with Gasteiger partial charge >= 0.3 is 12.0 Å². The molecule has 0 bridgehead atoms. The molecule has 116 valence electrons. The largest absolute Gasteiger partial charge is 0.481 e. The molecule has 2 unspecified atom stereocenters. The van der Waals surface area contributed by atoms with Gasteiger partial charge in [0.15, 0.2) is 0 Å². The van der Waals surface area contributed by atoms with Crippen LogP contribution in [0.1, 0.15) is 26.7 Å². The fourth-order valence-corrected chi connectivity index (χ4v) is 3.06. The molecule has 2 atom stereocenters. The molecular weight excluding hydrogens is 280 g/mol. The van der Waals surface area contributed by atoms with Crippen LogP contribution in [0.3, 0.4) is 0 Å². The lowest BCUT2D eigenvalue weighted by molar-refractivity contribution is -0.142. The van der Waals surface area contributed by atoms with Crippen LogP contribution in [0, 0.1) is 5.92 Å². The summed E-state index contributed by atoms with van der Waals surface area (Å²) in [6.45, 7) is 5.17. The van der Waals surface area contributed by atoms with Crippen LogP contribution in [-0.4, -0.2) is 53.9 Å². The number of carbonyl (C=O) groups is 2. The van der Waals surface area contributed by atoms with Crippen molar-refractivity contribution in [3.8, 4) is 0 Å². The maximum Gasteiger partial charge on any atom is 0.315 e. The Balaban J connectivity index is 2.46. The molecule has 6 nitrogen and oxygen atoms in total. The molecular formula is C13H24N2O4S. The van der Waals surface area contributed by atoms with Gasteiger partial charge in [-0.3, -0.25) is 4.79 Å². The minimum atomic E-state index is -0.937. The number of thioether (sulfide) groups is 1. The number of carboxylic acids is 1. The van der Waals surface area contributed by atoms with Gasteiger partial charge < -0.3 is 20.5 Å². The maximum atomic E-state index is 11.9. The van der Waals surface area contributed by atoms with Crippen LogP contribution < -0.4 is 10.6 Å². The number of hydrogen-bond donors (Lipinski definition) is 3. The van der Waals surface area contributed by atoms with Crippen LogP contribution in [-0.2, 0) is 9.53 Å². The predicted molar refractivity (Wildman–Crippen MR) is 79.1 cm³/mol. The van der Waals surface area contributed by atoms with Crippen LogP contribution in [0.4, 0.5) is 4.79 Å². The standard InChI is InChI=1S/C13H24N2O4S/c1-4-13(5-2,20-3)8-14-12(18)15-10-7-19-6-9(10)11(16)17/h9-10H,4-8H2,1-3H3,(H,16,17)(H2,14,15,18). The number of urea groups is 1. The van der Waals surface area contributed by atoms with E-state index in [0.717, 1.165) is 12.8 Å². The third-order valence-corrected chi connectivity index (χ3v) is 5.59. The minimum Gasteiger partial charge on any atom is -0.481 e. The summed E-state index contributed by atoms with van der Waals surface area (Å²) in [6, 6.07) is -0.786. The molecule has 7 heteroatoms. The molecule has 0 spiro atoms. The van der Waals surface area contributed by atoms with E-state index in [2.05, 4.69) is 24.5 Å². The summed E-state index contributed by atoms with van der Waals surface area (Å²) in [4.78, 5) is 22.9. The highest BCUT2D eigenvalue weighted by Gasteiger charge is 2.35. The van der Waals surface area contributed by atoms with Crippen molar-refractivity contribution in [2.24, 2.45) is 5.92 Å². The Bertz CT molecular complexity index is 339. The van der Waals surface area contributed by atoms with Gasteiger partial charge in [0.2, 0.25) is 0 Å². The monoisotopic (exact) mass is 304 g/mol. The van der Waals surface area contributed by atoms with Crippen molar-refractivity contribution in [1.82, 2.24) is 10.6 Å². The van der Waals surface area contributed by atoms with Crippen molar-refractivity contribution >= 4 is 23.8 Å². The number of carbonyl (C=O) groups excluding carboxylic acids is 1. The van der Waals surface area contributed by atoms with E-state index in [1.165, 1.54) is 0 Å². The lowest BCUT2D eigenvalue weighted by Crippen LogP contribution is -2.50. The lowest BCUT2D eigenvalue weighted by Gasteiger charge is -2.30. The fraction of sp³-hybridized carbons (Fsp3) is 0.846. The number of rotatable bonds is 7. The van der Waals surface area contributed by atoms with E-state index in [9.17, 15) is 9.59 Å². The zero-order chi connectivity index (χ0) is 15.2. The normalized spacial score (nSPS) is 22.6. The van der Waals surface area contributed by atoms with Crippen LogP contribution in [0.25, 0.3) is 0 Å². The summed E-state index contributed by atoms with van der Waals surface area (Å²) in [5, 5.41) is 14.5. The number of ether oxygens (including phenoxy) is 1. The first-order chi connectivity index (χ1) is 9.48. The first-order valence-electron chi connectivity index (χ1n) is 6.88. The molecule has 0 aromatic carbocycles. The summed E-state index contributed by atoms with van der Waals surface area (Å²) in [5.41, 5.74) is 0. The average Bonchev–Trinajstić information content (AvgIpc) is 2.89. The van der Waals surface area contributed by atoms with E-state index < -0.39 is 17.9 Å². The Morgan fingerprint density at radius 3 is 2.50 bits per heavy atom. The Kier molecular flexibility index (Phi) is 6.61. The van der Waals surface area contributed by atoms with Crippen molar-refractivity contribution in [2.75, 3.05) is 26.0 Å². The summed E-state index contributed by atoms with van der Waals surface area (Å²) in [6.07, 6.45) is 3.97. The van der Waals surface area contributed by atoms with Crippen LogP contribution in [0.5, 0.6) is 0 Å². The molecule has 3 N–H and O–H groups in total. The number of nitrogens with one attached hydrogen (secondary N) is 2. The van der Waals surface area contributed by atoms with Gasteiger partial charge in [-0.2, -0.15) is 11.8 Å². The quantitative estimate of drug-likeness (QED) is 0.660. The second kappa shape index (κ2) is 7.73. The molecule has 20 heavy (non-hydrogen) atoms. The summed E-state index contributed by atoms with van der Waals surface area (Å²) < 4.78 is 5.15. The number of aliphatic carboxylic acids is 1. The molecule has 1 fully saturated rings. The van der Waals surface area contributed by atoms with Gasteiger partial charge in [0, 0.05) is 11.3 Å². The predicted octanol–water partition coefficient (Wildman–Crippen LogP) is 1.31. The SMILES string of the molecule is CCC(CC)(CNC(=O)NC1COCC1C(=O)O)SC. The molecule has 2 amide bonds. The number of hydrogen-bond acceptors (Lipinski definition) is 4. The summed E-state index contributed by atoms with van der Waals surface area (Å²) in [7, 11) is 0. The first kappa shape index (κ1) is 17.1. The van der Waals surface area contributed by atoms with Gasteiger partial charge in [-0.05, 0) is 19.1 Å². The van der Waals surface area contributed by atoms with Gasteiger partial charge in [0.25, 0.3) is 0 Å². The molecule has 1 heterocycles. The maximum absolute atomic E-state index is 11.9. The van der Waals surface area contributed by atoms with Gasteiger partial charge in [-0.25, -0.2) is 4.79 Å². The zero-order valence-electron chi connectivity index (χ0n) is 12.3. The van der Waals surface area contributed by atoms with E-state index in [1.807, 2.05) is 6.26 Å². The third kappa shape index (κ3) is 4.28. The van der Waals surface area contributed by atoms with Crippen molar-refractivity contribution in [2.45, 2.75) is 37.5 Å². The highest BCUT2D eigenvalue weighted by atomic mass is 32.2. The highest BCUT2D eigenvalue weighted by Crippen LogP contribution is 2.29. The van der Waals surface area contributed by atoms with Crippen molar-refractivity contribution in [1.29, 1.82) is 0 Å². The molecule has 1 aliphatic heterocycles. The third-order valence-electron chi connectivity index (χ3n) is 4.01. The van der Waals surface area contributed by atoms with Crippen molar-refractivity contribution in [3.63, 3.8) is 0 Å². The number of carboxylic acid groups (broad SMARTS) is 1. The molecule has 0 radical (unpaired) electrons. The van der Waals surface area contributed by atoms with Gasteiger partial charge in [-0.1, -0.05) is 13.8 Å². The second-order valence-corrected chi connectivity index (χ2v) is 6.28. The van der Waals surface area contributed by atoms with Crippen molar-refractivity contribution in [3.05, 3.63) is 0 Å². The Morgan fingerprint density at radius 2 is 2.00 bits per heavy atom.